The standard InChI is InChI=1S/C22H19F3N4O2/c1-27-12-26-20-19(27)17-10-13(21(31)28-9-8-16(30)11-28)2-7-18(17)29(20)15-5-3-14(4-6-15)22(23,24)25/h2-7,10,12,16,30H,8-9,11H2,1H3. The van der Waals surface area contributed by atoms with Crippen LogP contribution < -0.4 is 0 Å². The minimum absolute atomic E-state index is 0.156. The molecule has 1 N–H and O–H groups in total. The molecule has 5 rings (SSSR count). The van der Waals surface area contributed by atoms with Gasteiger partial charge in [-0.2, -0.15) is 13.2 Å². The molecular formula is C22H19F3N4O2. The number of carbonyl (C=O) groups is 1. The Bertz CT molecular complexity index is 1300. The first kappa shape index (κ1) is 19.6. The lowest BCUT2D eigenvalue weighted by atomic mass is 10.1. The van der Waals surface area contributed by atoms with E-state index >= 15 is 0 Å². The van der Waals surface area contributed by atoms with Crippen LogP contribution in [0.1, 0.15) is 22.3 Å². The second-order valence-corrected chi connectivity index (χ2v) is 7.83. The van der Waals surface area contributed by atoms with Crippen LogP contribution in [-0.2, 0) is 13.2 Å². The average Bonchev–Trinajstić information content (AvgIpc) is 3.42. The molecular weight excluding hydrogens is 409 g/mol. The van der Waals surface area contributed by atoms with Gasteiger partial charge in [0.15, 0.2) is 5.65 Å². The molecule has 0 spiro atoms. The van der Waals surface area contributed by atoms with Gasteiger partial charge in [-0.1, -0.05) is 0 Å². The number of nitrogens with zero attached hydrogens (tertiary/aromatic N) is 4. The van der Waals surface area contributed by atoms with Gasteiger partial charge in [0, 0.05) is 36.8 Å². The smallest absolute Gasteiger partial charge is 0.391 e. The maximum Gasteiger partial charge on any atom is 0.416 e. The molecule has 3 heterocycles. The fourth-order valence-corrected chi connectivity index (χ4v) is 4.23. The summed E-state index contributed by atoms with van der Waals surface area (Å²) < 4.78 is 42.5. The number of hydrogen-bond donors (Lipinski definition) is 1. The number of aryl methyl sites for hydroxylation is 1. The van der Waals surface area contributed by atoms with Crippen LogP contribution in [0.2, 0.25) is 0 Å². The van der Waals surface area contributed by atoms with Crippen LogP contribution in [0.4, 0.5) is 13.2 Å². The lowest BCUT2D eigenvalue weighted by molar-refractivity contribution is -0.137. The Balaban J connectivity index is 1.65. The first-order valence-electron chi connectivity index (χ1n) is 9.84. The zero-order valence-corrected chi connectivity index (χ0v) is 16.6. The van der Waals surface area contributed by atoms with Gasteiger partial charge in [-0.15, -0.1) is 0 Å². The molecule has 1 saturated heterocycles. The highest BCUT2D eigenvalue weighted by Crippen LogP contribution is 2.34. The van der Waals surface area contributed by atoms with Crippen molar-refractivity contribution in [2.75, 3.05) is 13.1 Å². The molecule has 1 atom stereocenters. The average molecular weight is 428 g/mol. The van der Waals surface area contributed by atoms with Gasteiger partial charge in [0.2, 0.25) is 0 Å². The van der Waals surface area contributed by atoms with E-state index in [0.717, 1.165) is 28.6 Å². The SMILES string of the molecule is Cn1cnc2c1c1cc(C(=O)N3CCC(O)C3)ccc1n2-c1ccc(C(F)(F)F)cc1. The summed E-state index contributed by atoms with van der Waals surface area (Å²) in [5.74, 6) is -0.156. The van der Waals surface area contributed by atoms with Crippen molar-refractivity contribution in [3.8, 4) is 5.69 Å². The number of likely N-dealkylation sites (tertiary alicyclic amines) is 1. The van der Waals surface area contributed by atoms with Gasteiger partial charge in [-0.3, -0.25) is 9.36 Å². The maximum atomic E-state index is 13.0. The Morgan fingerprint density at radius 2 is 1.90 bits per heavy atom. The fraction of sp³-hybridized carbons (Fsp3) is 0.273. The minimum Gasteiger partial charge on any atom is -0.391 e. The van der Waals surface area contributed by atoms with E-state index in [-0.39, 0.29) is 5.91 Å². The number of aliphatic hydroxyl groups is 1. The summed E-state index contributed by atoms with van der Waals surface area (Å²) in [5, 5.41) is 10.5. The van der Waals surface area contributed by atoms with Crippen LogP contribution in [0.5, 0.6) is 0 Å². The maximum absolute atomic E-state index is 13.0. The first-order valence-corrected chi connectivity index (χ1v) is 9.84. The van der Waals surface area contributed by atoms with Crippen LogP contribution in [0, 0.1) is 0 Å². The van der Waals surface area contributed by atoms with Crippen molar-refractivity contribution in [1.29, 1.82) is 0 Å². The third-order valence-electron chi connectivity index (χ3n) is 5.77. The number of alkyl halides is 3. The number of fused-ring (bicyclic) bond motifs is 3. The number of imidazole rings is 1. The quantitative estimate of drug-likeness (QED) is 0.529. The van der Waals surface area contributed by atoms with E-state index < -0.39 is 17.8 Å². The number of amides is 1. The number of aromatic nitrogens is 3. The largest absolute Gasteiger partial charge is 0.416 e. The van der Waals surface area contributed by atoms with Gasteiger partial charge in [0.05, 0.1) is 29.0 Å². The van der Waals surface area contributed by atoms with Gasteiger partial charge in [0.1, 0.15) is 0 Å². The molecule has 1 amide bonds. The molecule has 0 aliphatic carbocycles. The number of hydrogen-bond acceptors (Lipinski definition) is 3. The van der Waals surface area contributed by atoms with Crippen LogP contribution in [0.3, 0.4) is 0 Å². The summed E-state index contributed by atoms with van der Waals surface area (Å²) in [4.78, 5) is 18.9. The van der Waals surface area contributed by atoms with Crippen molar-refractivity contribution in [3.05, 3.63) is 59.9 Å². The molecule has 2 aromatic carbocycles. The Morgan fingerprint density at radius 3 is 2.55 bits per heavy atom. The Kier molecular flexibility index (Phi) is 4.33. The molecule has 0 saturated carbocycles. The molecule has 9 heteroatoms. The Labute approximate surface area is 175 Å². The molecule has 0 bridgehead atoms. The number of halogens is 3. The van der Waals surface area contributed by atoms with E-state index in [1.807, 2.05) is 11.6 Å². The van der Waals surface area contributed by atoms with Crippen LogP contribution in [0.25, 0.3) is 27.8 Å². The monoisotopic (exact) mass is 428 g/mol. The van der Waals surface area contributed by atoms with E-state index in [0.29, 0.717) is 36.4 Å². The molecule has 160 valence electrons. The molecule has 6 nitrogen and oxygen atoms in total. The van der Waals surface area contributed by atoms with Crippen molar-refractivity contribution in [2.45, 2.75) is 18.7 Å². The molecule has 31 heavy (non-hydrogen) atoms. The molecule has 0 radical (unpaired) electrons. The van der Waals surface area contributed by atoms with Gasteiger partial charge < -0.3 is 14.6 Å². The fourth-order valence-electron chi connectivity index (χ4n) is 4.23. The number of carbonyl (C=O) groups excluding carboxylic acids is 1. The summed E-state index contributed by atoms with van der Waals surface area (Å²) in [6.07, 6.45) is -2.71. The highest BCUT2D eigenvalue weighted by atomic mass is 19.4. The molecule has 4 aromatic rings. The lowest BCUT2D eigenvalue weighted by Crippen LogP contribution is -2.29. The number of aliphatic hydroxyl groups excluding tert-OH is 1. The van der Waals surface area contributed by atoms with Gasteiger partial charge in [0.25, 0.3) is 5.91 Å². The van der Waals surface area contributed by atoms with E-state index in [1.165, 1.54) is 12.1 Å². The number of rotatable bonds is 2. The predicted molar refractivity (Wildman–Crippen MR) is 109 cm³/mol. The van der Waals surface area contributed by atoms with Gasteiger partial charge in [-0.25, -0.2) is 4.98 Å². The second kappa shape index (κ2) is 6.84. The molecule has 1 aliphatic heterocycles. The summed E-state index contributed by atoms with van der Waals surface area (Å²) in [7, 11) is 1.83. The zero-order chi connectivity index (χ0) is 21.9. The lowest BCUT2D eigenvalue weighted by Gasteiger charge is -2.15. The highest BCUT2D eigenvalue weighted by molar-refractivity contribution is 6.09. The zero-order valence-electron chi connectivity index (χ0n) is 16.6. The number of benzene rings is 2. The molecule has 2 aromatic heterocycles. The number of β-amino-alcohol motifs (C(OH)–C–C–N with tert-alkyl or cyclic N) is 1. The van der Waals surface area contributed by atoms with E-state index in [2.05, 4.69) is 4.98 Å². The summed E-state index contributed by atoms with van der Waals surface area (Å²) in [6, 6.07) is 10.2. The first-order chi connectivity index (χ1) is 14.7. The Morgan fingerprint density at radius 1 is 1.16 bits per heavy atom. The van der Waals surface area contributed by atoms with Crippen molar-refractivity contribution in [2.24, 2.45) is 7.05 Å². The van der Waals surface area contributed by atoms with Crippen molar-refractivity contribution < 1.29 is 23.1 Å². The Hall–Kier alpha value is -3.33. The van der Waals surface area contributed by atoms with E-state index in [4.69, 9.17) is 0 Å². The van der Waals surface area contributed by atoms with E-state index in [1.54, 1.807) is 34.0 Å². The summed E-state index contributed by atoms with van der Waals surface area (Å²) in [5.41, 5.74) is 2.45. The van der Waals surface area contributed by atoms with Gasteiger partial charge in [-0.05, 0) is 48.9 Å². The van der Waals surface area contributed by atoms with Crippen molar-refractivity contribution >= 4 is 28.0 Å². The highest BCUT2D eigenvalue weighted by Gasteiger charge is 2.30. The summed E-state index contributed by atoms with van der Waals surface area (Å²) >= 11 is 0. The third kappa shape index (κ3) is 3.16. The second-order valence-electron chi connectivity index (χ2n) is 7.83. The minimum atomic E-state index is -4.41. The summed E-state index contributed by atoms with van der Waals surface area (Å²) in [6.45, 7) is 0.816. The van der Waals surface area contributed by atoms with Crippen LogP contribution >= 0.6 is 0 Å². The third-order valence-corrected chi connectivity index (χ3v) is 5.77. The van der Waals surface area contributed by atoms with Crippen LogP contribution in [-0.4, -0.2) is 49.2 Å². The predicted octanol–water partition coefficient (Wildman–Crippen LogP) is 3.74. The van der Waals surface area contributed by atoms with Crippen LogP contribution in [0.15, 0.2) is 48.8 Å². The topological polar surface area (TPSA) is 63.3 Å². The molecule has 1 fully saturated rings. The normalized spacial score (nSPS) is 17.2. The van der Waals surface area contributed by atoms with Crippen molar-refractivity contribution in [1.82, 2.24) is 19.0 Å². The van der Waals surface area contributed by atoms with Crippen molar-refractivity contribution in [3.63, 3.8) is 0 Å². The molecule has 1 unspecified atom stereocenters. The van der Waals surface area contributed by atoms with Gasteiger partial charge >= 0.3 is 6.18 Å². The molecule has 1 aliphatic rings. The van der Waals surface area contributed by atoms with E-state index in [9.17, 15) is 23.1 Å².